The molecule has 0 aliphatic heterocycles. The second-order valence-electron chi connectivity index (χ2n) is 5.89. The maximum Gasteiger partial charge on any atom is 0.315 e. The summed E-state index contributed by atoms with van der Waals surface area (Å²) in [5.74, 6) is -0.0271. The van der Waals surface area contributed by atoms with Crippen molar-refractivity contribution >= 4 is 40.2 Å². The summed E-state index contributed by atoms with van der Waals surface area (Å²) in [7, 11) is 0. The molecule has 0 heterocycles. The monoisotopic (exact) mass is 429 g/mol. The fraction of sp³-hybridized carbons (Fsp3) is 0.529. The first kappa shape index (κ1) is 18.0. The van der Waals surface area contributed by atoms with Gasteiger partial charge in [-0.25, -0.2) is 4.79 Å². The molecule has 1 aliphatic carbocycles. The Morgan fingerprint density at radius 1 is 1.09 bits per heavy atom. The molecular formula is C17H24IN3O2. The first-order chi connectivity index (χ1) is 11.1. The van der Waals surface area contributed by atoms with Crippen LogP contribution in [0.25, 0.3) is 0 Å². The van der Waals surface area contributed by atoms with E-state index in [1.165, 1.54) is 19.3 Å². The van der Waals surface area contributed by atoms with Crippen LogP contribution in [0, 0.1) is 3.57 Å². The number of amides is 3. The first-order valence-corrected chi connectivity index (χ1v) is 9.31. The van der Waals surface area contributed by atoms with Gasteiger partial charge in [0, 0.05) is 28.3 Å². The molecule has 23 heavy (non-hydrogen) atoms. The van der Waals surface area contributed by atoms with Crippen LogP contribution in [0.4, 0.5) is 10.5 Å². The average molecular weight is 429 g/mol. The highest BCUT2D eigenvalue weighted by Gasteiger charge is 2.15. The van der Waals surface area contributed by atoms with Crippen molar-refractivity contribution in [2.45, 2.75) is 51.0 Å². The summed E-state index contributed by atoms with van der Waals surface area (Å²) in [6, 6.07) is 7.87. The summed E-state index contributed by atoms with van der Waals surface area (Å²) in [6.45, 7) is 0.513. The van der Waals surface area contributed by atoms with E-state index >= 15 is 0 Å². The predicted octanol–water partition coefficient (Wildman–Crippen LogP) is 3.64. The van der Waals surface area contributed by atoms with Crippen LogP contribution in [0.3, 0.4) is 0 Å². The van der Waals surface area contributed by atoms with E-state index < -0.39 is 0 Å². The number of carbonyl (C=O) groups excluding carboxylic acids is 2. The number of carbonyl (C=O) groups is 2. The zero-order chi connectivity index (χ0) is 16.5. The second kappa shape index (κ2) is 9.75. The van der Waals surface area contributed by atoms with E-state index in [0.29, 0.717) is 25.4 Å². The summed E-state index contributed by atoms with van der Waals surface area (Å²) in [4.78, 5) is 23.6. The lowest BCUT2D eigenvalue weighted by Gasteiger charge is -2.22. The molecule has 6 heteroatoms. The summed E-state index contributed by atoms with van der Waals surface area (Å²) in [5.41, 5.74) is 0.804. The van der Waals surface area contributed by atoms with Crippen LogP contribution >= 0.6 is 22.6 Å². The largest absolute Gasteiger partial charge is 0.338 e. The zero-order valence-electron chi connectivity index (χ0n) is 13.2. The summed E-state index contributed by atoms with van der Waals surface area (Å²) < 4.78 is 1.13. The highest BCUT2D eigenvalue weighted by atomic mass is 127. The smallest absolute Gasteiger partial charge is 0.315 e. The lowest BCUT2D eigenvalue weighted by molar-refractivity contribution is -0.116. The van der Waals surface area contributed by atoms with Crippen molar-refractivity contribution in [3.8, 4) is 0 Å². The number of hydrogen-bond donors (Lipinski definition) is 3. The van der Waals surface area contributed by atoms with Crippen LogP contribution in [0.2, 0.25) is 0 Å². The molecule has 0 unspecified atom stereocenters. The minimum Gasteiger partial charge on any atom is -0.338 e. The first-order valence-electron chi connectivity index (χ1n) is 8.23. The van der Waals surface area contributed by atoms with Crippen molar-refractivity contribution in [1.82, 2.24) is 10.6 Å². The molecule has 3 N–H and O–H groups in total. The van der Waals surface area contributed by atoms with Gasteiger partial charge in [0.2, 0.25) is 5.91 Å². The van der Waals surface area contributed by atoms with E-state index in [1.807, 2.05) is 24.3 Å². The van der Waals surface area contributed by atoms with Gasteiger partial charge in [-0.15, -0.1) is 0 Å². The number of urea groups is 1. The number of halogens is 1. The quantitative estimate of drug-likeness (QED) is 0.478. The van der Waals surface area contributed by atoms with Gasteiger partial charge in [0.05, 0.1) is 0 Å². The molecule has 0 bridgehead atoms. The van der Waals surface area contributed by atoms with Crippen molar-refractivity contribution in [3.63, 3.8) is 0 Å². The number of rotatable bonds is 6. The third-order valence-corrected chi connectivity index (χ3v) is 4.65. The summed E-state index contributed by atoms with van der Waals surface area (Å²) in [6.07, 6.45) is 6.85. The van der Waals surface area contributed by atoms with Gasteiger partial charge in [0.25, 0.3) is 0 Å². The van der Waals surface area contributed by atoms with Gasteiger partial charge >= 0.3 is 6.03 Å². The number of anilines is 1. The lowest BCUT2D eigenvalue weighted by atomic mass is 9.96. The maximum atomic E-state index is 11.8. The highest BCUT2D eigenvalue weighted by molar-refractivity contribution is 14.1. The van der Waals surface area contributed by atoms with Gasteiger partial charge in [0.1, 0.15) is 0 Å². The fourth-order valence-electron chi connectivity index (χ4n) is 2.69. The molecule has 126 valence electrons. The van der Waals surface area contributed by atoms with Gasteiger partial charge in [-0.1, -0.05) is 19.3 Å². The standard InChI is InChI=1S/C17H24IN3O2/c18-13-8-10-15(11-9-13)20-16(22)7-4-12-19-17(23)21-14-5-2-1-3-6-14/h8-11,14H,1-7,12H2,(H,20,22)(H2,19,21,23). The summed E-state index contributed by atoms with van der Waals surface area (Å²) >= 11 is 2.22. The molecule has 1 saturated carbocycles. The molecule has 0 radical (unpaired) electrons. The second-order valence-corrected chi connectivity index (χ2v) is 7.14. The minimum atomic E-state index is -0.116. The van der Waals surface area contributed by atoms with Crippen LogP contribution in [-0.2, 0) is 4.79 Å². The molecule has 0 atom stereocenters. The van der Waals surface area contributed by atoms with Gasteiger partial charge < -0.3 is 16.0 Å². The van der Waals surface area contributed by atoms with Crippen LogP contribution in [0.15, 0.2) is 24.3 Å². The van der Waals surface area contributed by atoms with E-state index in [1.54, 1.807) is 0 Å². The fourth-order valence-corrected chi connectivity index (χ4v) is 3.05. The van der Waals surface area contributed by atoms with Gasteiger partial charge in [0.15, 0.2) is 0 Å². The number of benzene rings is 1. The van der Waals surface area contributed by atoms with E-state index in [2.05, 4.69) is 38.5 Å². The average Bonchev–Trinajstić information content (AvgIpc) is 2.55. The number of hydrogen-bond acceptors (Lipinski definition) is 2. The van der Waals surface area contributed by atoms with Crippen LogP contribution < -0.4 is 16.0 Å². The van der Waals surface area contributed by atoms with Crippen molar-refractivity contribution in [1.29, 1.82) is 0 Å². The van der Waals surface area contributed by atoms with Crippen molar-refractivity contribution < 1.29 is 9.59 Å². The molecule has 1 aromatic carbocycles. The normalized spacial score (nSPS) is 15.0. The van der Waals surface area contributed by atoms with E-state index in [4.69, 9.17) is 0 Å². The Morgan fingerprint density at radius 3 is 2.48 bits per heavy atom. The third kappa shape index (κ3) is 7.20. The maximum absolute atomic E-state index is 11.8. The van der Waals surface area contributed by atoms with E-state index in [-0.39, 0.29) is 11.9 Å². The Hall–Kier alpha value is -1.31. The van der Waals surface area contributed by atoms with Crippen molar-refractivity contribution in [3.05, 3.63) is 27.8 Å². The minimum absolute atomic E-state index is 0.0271. The Labute approximate surface area is 151 Å². The molecule has 1 aromatic rings. The Kier molecular flexibility index (Phi) is 7.64. The molecule has 0 saturated heterocycles. The van der Waals surface area contributed by atoms with Crippen molar-refractivity contribution in [2.24, 2.45) is 0 Å². The van der Waals surface area contributed by atoms with Gasteiger partial charge in [-0.2, -0.15) is 0 Å². The Morgan fingerprint density at radius 2 is 1.78 bits per heavy atom. The van der Waals surface area contributed by atoms with Crippen LogP contribution in [0.5, 0.6) is 0 Å². The lowest BCUT2D eigenvalue weighted by Crippen LogP contribution is -2.43. The molecule has 3 amide bonds. The predicted molar refractivity (Wildman–Crippen MR) is 100 cm³/mol. The molecule has 2 rings (SSSR count). The Balaban J connectivity index is 1.56. The third-order valence-electron chi connectivity index (χ3n) is 3.93. The van der Waals surface area contributed by atoms with E-state index in [0.717, 1.165) is 22.1 Å². The molecule has 1 aliphatic rings. The van der Waals surface area contributed by atoms with Crippen LogP contribution in [0.1, 0.15) is 44.9 Å². The molecule has 0 spiro atoms. The molecular weight excluding hydrogens is 405 g/mol. The van der Waals surface area contributed by atoms with Gasteiger partial charge in [-0.3, -0.25) is 4.79 Å². The zero-order valence-corrected chi connectivity index (χ0v) is 15.4. The van der Waals surface area contributed by atoms with E-state index in [9.17, 15) is 9.59 Å². The molecule has 1 fully saturated rings. The highest BCUT2D eigenvalue weighted by Crippen LogP contribution is 2.17. The number of nitrogens with one attached hydrogen (secondary N) is 3. The SMILES string of the molecule is O=C(CCCNC(=O)NC1CCCCC1)Nc1ccc(I)cc1. The van der Waals surface area contributed by atoms with Crippen LogP contribution in [-0.4, -0.2) is 24.5 Å². The Bertz CT molecular complexity index is 513. The van der Waals surface area contributed by atoms with Gasteiger partial charge in [-0.05, 0) is 66.1 Å². The summed E-state index contributed by atoms with van der Waals surface area (Å²) in [5, 5.41) is 8.68. The topological polar surface area (TPSA) is 70.2 Å². The van der Waals surface area contributed by atoms with Crippen molar-refractivity contribution in [2.75, 3.05) is 11.9 Å². The molecule has 0 aromatic heterocycles. The molecule has 5 nitrogen and oxygen atoms in total.